The molecule has 2 rings (SSSR count). The number of hydrogen-bond donors (Lipinski definition) is 1. The average Bonchev–Trinajstić information content (AvgIpc) is 2.54. The van der Waals surface area contributed by atoms with E-state index in [9.17, 15) is 9.90 Å². The molecular formula is C16H20O5. The van der Waals surface area contributed by atoms with E-state index in [1.54, 1.807) is 0 Å². The molecule has 1 aromatic carbocycles. The number of aliphatic hydroxyl groups is 1. The van der Waals surface area contributed by atoms with Gasteiger partial charge in [-0.3, -0.25) is 4.79 Å². The summed E-state index contributed by atoms with van der Waals surface area (Å²) in [5.74, 6) is 0. The highest BCUT2D eigenvalue weighted by molar-refractivity contribution is 5.74. The van der Waals surface area contributed by atoms with Crippen LogP contribution in [-0.2, 0) is 25.6 Å². The van der Waals surface area contributed by atoms with Gasteiger partial charge in [0, 0.05) is 6.61 Å². The van der Waals surface area contributed by atoms with Gasteiger partial charge in [-0.1, -0.05) is 30.3 Å². The van der Waals surface area contributed by atoms with Gasteiger partial charge in [0.05, 0.1) is 25.0 Å². The molecule has 0 radical (unpaired) electrons. The van der Waals surface area contributed by atoms with E-state index in [0.29, 0.717) is 25.1 Å². The zero-order chi connectivity index (χ0) is 15.1. The van der Waals surface area contributed by atoms with Gasteiger partial charge in [0.2, 0.25) is 0 Å². The number of benzene rings is 1. The Balaban J connectivity index is 2.11. The fraction of sp³-hybridized carbons (Fsp3) is 0.438. The minimum atomic E-state index is -0.547. The van der Waals surface area contributed by atoms with Crippen LogP contribution < -0.4 is 0 Å². The van der Waals surface area contributed by atoms with Crippen LogP contribution in [-0.4, -0.2) is 42.9 Å². The summed E-state index contributed by atoms with van der Waals surface area (Å²) < 4.78 is 16.8. The summed E-state index contributed by atoms with van der Waals surface area (Å²) in [6.45, 7) is 2.45. The molecule has 0 spiro atoms. The second-order valence-corrected chi connectivity index (χ2v) is 4.73. The minimum absolute atomic E-state index is 0.203. The van der Waals surface area contributed by atoms with Gasteiger partial charge in [-0.25, -0.2) is 0 Å². The zero-order valence-electron chi connectivity index (χ0n) is 12.0. The van der Waals surface area contributed by atoms with Gasteiger partial charge in [-0.05, 0) is 12.5 Å². The first-order chi connectivity index (χ1) is 10.3. The maximum absolute atomic E-state index is 11.1. The molecule has 21 heavy (non-hydrogen) atoms. The van der Waals surface area contributed by atoms with Gasteiger partial charge in [0.25, 0.3) is 0 Å². The summed E-state index contributed by atoms with van der Waals surface area (Å²) >= 11 is 0. The molecule has 0 fully saturated rings. The Morgan fingerprint density at radius 1 is 1.29 bits per heavy atom. The summed E-state index contributed by atoms with van der Waals surface area (Å²) in [4.78, 5) is 11.1. The molecule has 5 nitrogen and oxygen atoms in total. The van der Waals surface area contributed by atoms with E-state index in [2.05, 4.69) is 0 Å². The lowest BCUT2D eigenvalue weighted by atomic mass is 9.99. The summed E-state index contributed by atoms with van der Waals surface area (Å²) in [5, 5.41) is 9.43. The molecular weight excluding hydrogens is 272 g/mol. The number of aliphatic hydroxyl groups excluding tert-OH is 1. The molecule has 0 amide bonds. The topological polar surface area (TPSA) is 65.0 Å². The van der Waals surface area contributed by atoms with Crippen molar-refractivity contribution in [2.75, 3.05) is 13.2 Å². The van der Waals surface area contributed by atoms with E-state index >= 15 is 0 Å². The van der Waals surface area contributed by atoms with E-state index in [-0.39, 0.29) is 6.61 Å². The van der Waals surface area contributed by atoms with Crippen LogP contribution in [0.4, 0.5) is 0 Å². The van der Waals surface area contributed by atoms with E-state index < -0.39 is 18.3 Å². The van der Waals surface area contributed by atoms with Gasteiger partial charge in [-0.15, -0.1) is 0 Å². The molecule has 3 atom stereocenters. The fourth-order valence-corrected chi connectivity index (χ4v) is 2.27. The van der Waals surface area contributed by atoms with Crippen LogP contribution >= 0.6 is 0 Å². The van der Waals surface area contributed by atoms with E-state index in [1.807, 2.05) is 37.3 Å². The molecule has 0 aliphatic carbocycles. The quantitative estimate of drug-likeness (QED) is 0.771. The van der Waals surface area contributed by atoms with Crippen LogP contribution in [0.25, 0.3) is 0 Å². The Bertz CT molecular complexity index is 471. The smallest absolute Gasteiger partial charge is 0.151 e. The van der Waals surface area contributed by atoms with Crippen LogP contribution in [0.2, 0.25) is 0 Å². The fourth-order valence-electron chi connectivity index (χ4n) is 2.27. The number of ether oxygens (including phenoxy) is 3. The van der Waals surface area contributed by atoms with Gasteiger partial charge < -0.3 is 19.3 Å². The molecule has 1 heterocycles. The zero-order valence-corrected chi connectivity index (χ0v) is 12.0. The molecule has 0 saturated carbocycles. The lowest BCUT2D eigenvalue weighted by molar-refractivity contribution is -0.143. The van der Waals surface area contributed by atoms with Crippen molar-refractivity contribution in [1.82, 2.24) is 0 Å². The summed E-state index contributed by atoms with van der Waals surface area (Å²) in [5.41, 5.74) is 1.39. The van der Waals surface area contributed by atoms with Crippen molar-refractivity contribution in [1.29, 1.82) is 0 Å². The number of hydrogen-bond acceptors (Lipinski definition) is 5. The van der Waals surface area contributed by atoms with Gasteiger partial charge in [0.15, 0.2) is 6.29 Å². The molecule has 1 aliphatic rings. The standard InChI is InChI=1S/C16H20O5/c1-2-19-15-13(8-17)11-20-14(9-18)16(15)21-10-12-6-4-3-5-7-12/h3-8,11,14-16,18H,2,9-10H2,1H3/t14-,15+,16+/m1/s1. The highest BCUT2D eigenvalue weighted by Crippen LogP contribution is 2.24. The molecule has 0 aromatic heterocycles. The van der Waals surface area contributed by atoms with Crippen molar-refractivity contribution in [2.24, 2.45) is 0 Å². The van der Waals surface area contributed by atoms with Crippen molar-refractivity contribution >= 4 is 6.29 Å². The predicted molar refractivity (Wildman–Crippen MR) is 76.5 cm³/mol. The Morgan fingerprint density at radius 2 is 2.05 bits per heavy atom. The molecule has 0 bridgehead atoms. The van der Waals surface area contributed by atoms with Crippen molar-refractivity contribution in [2.45, 2.75) is 31.8 Å². The monoisotopic (exact) mass is 292 g/mol. The number of rotatable bonds is 7. The summed E-state index contributed by atoms with van der Waals surface area (Å²) in [6, 6.07) is 9.68. The summed E-state index contributed by atoms with van der Waals surface area (Å²) in [6.07, 6.45) is 0.445. The Labute approximate surface area is 124 Å². The first-order valence-electron chi connectivity index (χ1n) is 6.98. The first-order valence-corrected chi connectivity index (χ1v) is 6.98. The highest BCUT2D eigenvalue weighted by atomic mass is 16.6. The van der Waals surface area contributed by atoms with Gasteiger partial charge in [-0.2, -0.15) is 0 Å². The molecule has 1 N–H and O–H groups in total. The van der Waals surface area contributed by atoms with Crippen molar-refractivity contribution in [3.63, 3.8) is 0 Å². The summed E-state index contributed by atoms with van der Waals surface area (Å²) in [7, 11) is 0. The average molecular weight is 292 g/mol. The Morgan fingerprint density at radius 3 is 2.67 bits per heavy atom. The van der Waals surface area contributed by atoms with Gasteiger partial charge >= 0.3 is 0 Å². The second-order valence-electron chi connectivity index (χ2n) is 4.73. The number of carbonyl (C=O) groups excluding carboxylic acids is 1. The number of carbonyl (C=O) groups is 1. The number of aldehydes is 1. The highest BCUT2D eigenvalue weighted by Gasteiger charge is 2.38. The van der Waals surface area contributed by atoms with Crippen molar-refractivity contribution in [3.05, 3.63) is 47.7 Å². The molecule has 5 heteroatoms. The van der Waals surface area contributed by atoms with E-state index in [1.165, 1.54) is 6.26 Å². The van der Waals surface area contributed by atoms with Crippen LogP contribution in [0.1, 0.15) is 12.5 Å². The maximum Gasteiger partial charge on any atom is 0.151 e. The van der Waals surface area contributed by atoms with Crippen LogP contribution in [0.5, 0.6) is 0 Å². The maximum atomic E-state index is 11.1. The molecule has 114 valence electrons. The van der Waals surface area contributed by atoms with Crippen LogP contribution in [0.3, 0.4) is 0 Å². The van der Waals surface area contributed by atoms with Gasteiger partial charge in [0.1, 0.15) is 18.3 Å². The molecule has 1 aliphatic heterocycles. The van der Waals surface area contributed by atoms with Crippen molar-refractivity contribution < 1.29 is 24.1 Å². The van der Waals surface area contributed by atoms with E-state index in [0.717, 1.165) is 5.56 Å². The van der Waals surface area contributed by atoms with E-state index in [4.69, 9.17) is 14.2 Å². The lowest BCUT2D eigenvalue weighted by Crippen LogP contribution is -2.48. The third-order valence-corrected chi connectivity index (χ3v) is 3.32. The Hall–Kier alpha value is -1.69. The van der Waals surface area contributed by atoms with Crippen LogP contribution in [0.15, 0.2) is 42.2 Å². The molecule has 0 saturated heterocycles. The lowest BCUT2D eigenvalue weighted by Gasteiger charge is -2.35. The van der Waals surface area contributed by atoms with Crippen molar-refractivity contribution in [3.8, 4) is 0 Å². The minimum Gasteiger partial charge on any atom is -0.492 e. The molecule has 0 unspecified atom stereocenters. The predicted octanol–water partition coefficient (Wildman–Crippen LogP) is 1.45. The third-order valence-electron chi connectivity index (χ3n) is 3.32. The Kier molecular flexibility index (Phi) is 5.92. The second kappa shape index (κ2) is 7.93. The third kappa shape index (κ3) is 3.91. The first kappa shape index (κ1) is 15.7. The SMILES string of the molecule is CCO[C@H]1C(C=O)=CO[C@H](CO)[C@@H]1OCc1ccccc1. The van der Waals surface area contributed by atoms with Crippen LogP contribution in [0, 0.1) is 0 Å². The largest absolute Gasteiger partial charge is 0.492 e. The molecule has 1 aromatic rings. The normalized spacial score (nSPS) is 25.0.